The Bertz CT molecular complexity index is 707. The van der Waals surface area contributed by atoms with Crippen LogP contribution in [0.25, 0.3) is 0 Å². The molecule has 2 heterocycles. The van der Waals surface area contributed by atoms with E-state index in [1.807, 2.05) is 6.26 Å². The Balaban J connectivity index is 0.00000341. The van der Waals surface area contributed by atoms with Gasteiger partial charge in [0.2, 0.25) is 0 Å². The number of nitrogens with zero attached hydrogens (tertiary/aromatic N) is 5. The fraction of sp³-hybridized carbons (Fsp3) is 0.842. The van der Waals surface area contributed by atoms with Gasteiger partial charge in [-0.15, -0.1) is 34.2 Å². The van der Waals surface area contributed by atoms with Gasteiger partial charge >= 0.3 is 6.18 Å². The Morgan fingerprint density at radius 2 is 1.97 bits per heavy atom. The van der Waals surface area contributed by atoms with Crippen LogP contribution >= 0.6 is 35.7 Å². The molecule has 178 valence electrons. The molecule has 1 saturated heterocycles. The van der Waals surface area contributed by atoms with E-state index in [1.165, 1.54) is 30.6 Å². The zero-order valence-electron chi connectivity index (χ0n) is 18.1. The van der Waals surface area contributed by atoms with Crippen LogP contribution in [-0.2, 0) is 6.42 Å². The molecule has 2 N–H and O–H groups in total. The smallest absolute Gasteiger partial charge is 0.356 e. The Hall–Kier alpha value is -0.760. The third-order valence-electron chi connectivity index (χ3n) is 5.72. The van der Waals surface area contributed by atoms with Crippen molar-refractivity contribution in [2.45, 2.75) is 68.4 Å². The van der Waals surface area contributed by atoms with Crippen LogP contribution in [-0.4, -0.2) is 77.3 Å². The standard InChI is InChI=1S/C19H32F3N7S.HI/c1-23-17(25-14-9-11-28(12-14)13-19(20,21)22)24-10-5-8-16-26-27-18(30-2)29(16)15-6-3-4-7-15;/h14-15H,3-13H2,1-2H3,(H2,23,24,25);1H. The first-order chi connectivity index (χ1) is 14.4. The van der Waals surface area contributed by atoms with Gasteiger partial charge in [0.1, 0.15) is 5.82 Å². The van der Waals surface area contributed by atoms with Crippen LogP contribution in [0.3, 0.4) is 0 Å². The Labute approximate surface area is 203 Å². The van der Waals surface area contributed by atoms with E-state index in [2.05, 4.69) is 30.4 Å². The summed E-state index contributed by atoms with van der Waals surface area (Å²) in [6, 6.07) is 0.495. The highest BCUT2D eigenvalue weighted by Crippen LogP contribution is 2.33. The quantitative estimate of drug-likeness (QED) is 0.163. The van der Waals surface area contributed by atoms with E-state index < -0.39 is 12.7 Å². The molecule has 1 aromatic rings. The summed E-state index contributed by atoms with van der Waals surface area (Å²) in [5, 5.41) is 16.3. The van der Waals surface area contributed by atoms with E-state index in [0.717, 1.165) is 23.8 Å². The molecule has 2 fully saturated rings. The SMILES string of the molecule is CN=C(NCCCc1nnc(SC)n1C1CCCC1)NC1CCN(CC(F)(F)F)C1.I. The van der Waals surface area contributed by atoms with Crippen molar-refractivity contribution in [2.75, 3.05) is 39.5 Å². The molecule has 3 rings (SSSR count). The predicted octanol–water partition coefficient (Wildman–Crippen LogP) is 3.47. The van der Waals surface area contributed by atoms with Crippen LogP contribution in [0, 0.1) is 0 Å². The third kappa shape index (κ3) is 7.95. The molecule has 0 radical (unpaired) electrons. The zero-order chi connectivity index (χ0) is 21.6. The fourth-order valence-electron chi connectivity index (χ4n) is 4.34. The van der Waals surface area contributed by atoms with E-state index in [1.54, 1.807) is 18.8 Å². The molecule has 1 unspecified atom stereocenters. The highest BCUT2D eigenvalue weighted by Gasteiger charge is 2.34. The van der Waals surface area contributed by atoms with Crippen molar-refractivity contribution >= 4 is 41.7 Å². The number of aromatic nitrogens is 3. The largest absolute Gasteiger partial charge is 0.401 e. The minimum absolute atomic E-state index is 0. The summed E-state index contributed by atoms with van der Waals surface area (Å²) >= 11 is 1.64. The monoisotopic (exact) mass is 575 g/mol. The van der Waals surface area contributed by atoms with Crippen molar-refractivity contribution in [3.63, 3.8) is 0 Å². The van der Waals surface area contributed by atoms with Crippen LogP contribution in [0.5, 0.6) is 0 Å². The van der Waals surface area contributed by atoms with Crippen molar-refractivity contribution in [2.24, 2.45) is 4.99 Å². The summed E-state index contributed by atoms with van der Waals surface area (Å²) in [6.45, 7) is 0.687. The number of aliphatic imine (C=N–C) groups is 1. The number of thioether (sulfide) groups is 1. The second kappa shape index (κ2) is 12.5. The van der Waals surface area contributed by atoms with Crippen molar-refractivity contribution in [3.05, 3.63) is 5.82 Å². The lowest BCUT2D eigenvalue weighted by atomic mass is 10.2. The van der Waals surface area contributed by atoms with E-state index in [9.17, 15) is 13.2 Å². The number of likely N-dealkylation sites (tertiary alicyclic amines) is 1. The van der Waals surface area contributed by atoms with Gasteiger partial charge in [0, 0.05) is 45.2 Å². The molecule has 1 aliphatic carbocycles. The maximum atomic E-state index is 12.5. The maximum absolute atomic E-state index is 12.5. The number of rotatable bonds is 8. The van der Waals surface area contributed by atoms with Gasteiger partial charge in [-0.2, -0.15) is 13.2 Å². The molecule has 0 bridgehead atoms. The average Bonchev–Trinajstić information content (AvgIpc) is 3.43. The van der Waals surface area contributed by atoms with Gasteiger partial charge < -0.3 is 15.2 Å². The molecule has 7 nitrogen and oxygen atoms in total. The Morgan fingerprint density at radius 1 is 1.23 bits per heavy atom. The summed E-state index contributed by atoms with van der Waals surface area (Å²) in [6.07, 6.45) is 5.20. The minimum atomic E-state index is -4.15. The van der Waals surface area contributed by atoms with Crippen molar-refractivity contribution in [3.8, 4) is 0 Å². The molecule has 2 aliphatic rings. The molecule has 1 atom stereocenters. The minimum Gasteiger partial charge on any atom is -0.356 e. The summed E-state index contributed by atoms with van der Waals surface area (Å²) in [4.78, 5) is 5.65. The van der Waals surface area contributed by atoms with Gasteiger partial charge in [-0.05, 0) is 31.9 Å². The van der Waals surface area contributed by atoms with Gasteiger partial charge in [-0.3, -0.25) is 9.89 Å². The summed E-state index contributed by atoms with van der Waals surface area (Å²) in [5.41, 5.74) is 0. The lowest BCUT2D eigenvalue weighted by molar-refractivity contribution is -0.143. The van der Waals surface area contributed by atoms with Crippen LogP contribution in [0.15, 0.2) is 10.1 Å². The first kappa shape index (κ1) is 26.5. The van der Waals surface area contributed by atoms with Gasteiger partial charge in [0.05, 0.1) is 6.54 Å². The summed E-state index contributed by atoms with van der Waals surface area (Å²) in [5.74, 6) is 1.67. The molecule has 12 heteroatoms. The molecule has 0 amide bonds. The molecule has 1 aromatic heterocycles. The van der Waals surface area contributed by atoms with Gasteiger partial charge in [0.15, 0.2) is 11.1 Å². The Morgan fingerprint density at radius 3 is 2.61 bits per heavy atom. The second-order valence-electron chi connectivity index (χ2n) is 7.99. The first-order valence-electron chi connectivity index (χ1n) is 10.6. The van der Waals surface area contributed by atoms with Gasteiger partial charge in [0.25, 0.3) is 0 Å². The molecule has 0 spiro atoms. The van der Waals surface area contributed by atoms with E-state index in [4.69, 9.17) is 0 Å². The highest BCUT2D eigenvalue weighted by atomic mass is 127. The number of nitrogens with one attached hydrogen (secondary N) is 2. The van der Waals surface area contributed by atoms with E-state index in [0.29, 0.717) is 38.1 Å². The molecule has 0 aromatic carbocycles. The third-order valence-corrected chi connectivity index (χ3v) is 6.36. The number of guanidine groups is 1. The number of halogens is 4. The molecular formula is C19H33F3IN7S. The van der Waals surface area contributed by atoms with Crippen LogP contribution in [0.2, 0.25) is 0 Å². The lowest BCUT2D eigenvalue weighted by Crippen LogP contribution is -2.45. The van der Waals surface area contributed by atoms with Gasteiger partial charge in [-0.1, -0.05) is 24.6 Å². The summed E-state index contributed by atoms with van der Waals surface area (Å²) < 4.78 is 40.0. The number of hydrogen-bond donors (Lipinski definition) is 2. The molecular weight excluding hydrogens is 542 g/mol. The van der Waals surface area contributed by atoms with Crippen molar-refractivity contribution < 1.29 is 13.2 Å². The molecule has 31 heavy (non-hydrogen) atoms. The predicted molar refractivity (Wildman–Crippen MR) is 128 cm³/mol. The normalized spacial score (nSPS) is 20.8. The number of aryl methyl sites for hydroxylation is 1. The van der Waals surface area contributed by atoms with Crippen LogP contribution < -0.4 is 10.6 Å². The van der Waals surface area contributed by atoms with Crippen LogP contribution in [0.1, 0.15) is 50.4 Å². The zero-order valence-corrected chi connectivity index (χ0v) is 21.3. The van der Waals surface area contributed by atoms with E-state index in [-0.39, 0.29) is 30.0 Å². The summed E-state index contributed by atoms with van der Waals surface area (Å²) in [7, 11) is 1.68. The van der Waals surface area contributed by atoms with Crippen LogP contribution in [0.4, 0.5) is 13.2 Å². The number of hydrogen-bond acceptors (Lipinski definition) is 5. The second-order valence-corrected chi connectivity index (χ2v) is 8.77. The molecule has 1 aliphatic heterocycles. The lowest BCUT2D eigenvalue weighted by Gasteiger charge is -2.20. The molecule has 1 saturated carbocycles. The number of alkyl halides is 3. The first-order valence-corrected chi connectivity index (χ1v) is 11.9. The van der Waals surface area contributed by atoms with Gasteiger partial charge in [-0.25, -0.2) is 0 Å². The van der Waals surface area contributed by atoms with Crippen molar-refractivity contribution in [1.29, 1.82) is 0 Å². The maximum Gasteiger partial charge on any atom is 0.401 e. The highest BCUT2D eigenvalue weighted by molar-refractivity contribution is 14.0. The average molecular weight is 575 g/mol. The topological polar surface area (TPSA) is 70.4 Å². The Kier molecular flexibility index (Phi) is 10.7. The fourth-order valence-corrected chi connectivity index (χ4v) is 4.91. The van der Waals surface area contributed by atoms with Crippen molar-refractivity contribution in [1.82, 2.24) is 30.3 Å². The van der Waals surface area contributed by atoms with E-state index >= 15 is 0 Å².